The largest absolute Gasteiger partial charge is 0.508 e. The molecule has 0 saturated carbocycles. The van der Waals surface area contributed by atoms with E-state index < -0.39 is 0 Å². The Labute approximate surface area is 82.9 Å². The molecule has 0 bridgehead atoms. The van der Waals surface area contributed by atoms with Crippen molar-refractivity contribution in [2.75, 3.05) is 14.1 Å². The smallest absolute Gasteiger partial charge is 0.253 e. The molecule has 0 saturated heterocycles. The van der Waals surface area contributed by atoms with E-state index >= 15 is 0 Å². The molecular formula is C10H14N2O2. The van der Waals surface area contributed by atoms with Crippen LogP contribution < -0.4 is 5.73 Å². The Morgan fingerprint density at radius 3 is 2.57 bits per heavy atom. The quantitative estimate of drug-likeness (QED) is 0.722. The molecule has 1 aromatic rings. The van der Waals surface area contributed by atoms with Crippen molar-refractivity contribution < 1.29 is 9.90 Å². The Balaban J connectivity index is 3.09. The van der Waals surface area contributed by atoms with Crippen LogP contribution >= 0.6 is 0 Å². The van der Waals surface area contributed by atoms with Crippen molar-refractivity contribution in [1.82, 2.24) is 4.90 Å². The maximum Gasteiger partial charge on any atom is 0.253 e. The normalized spacial score (nSPS) is 9.93. The number of nitrogens with zero attached hydrogens (tertiary/aromatic N) is 1. The van der Waals surface area contributed by atoms with E-state index in [0.717, 1.165) is 5.56 Å². The van der Waals surface area contributed by atoms with Crippen LogP contribution in [0.15, 0.2) is 18.2 Å². The van der Waals surface area contributed by atoms with Gasteiger partial charge in [-0.2, -0.15) is 0 Å². The van der Waals surface area contributed by atoms with Crippen LogP contribution in [-0.4, -0.2) is 30.0 Å². The third-order valence-corrected chi connectivity index (χ3v) is 1.87. The van der Waals surface area contributed by atoms with Crippen LogP contribution in [0.5, 0.6) is 5.75 Å². The molecule has 1 aromatic carbocycles. The fraction of sp³-hybridized carbons (Fsp3) is 0.300. The molecule has 0 aromatic heterocycles. The van der Waals surface area contributed by atoms with E-state index in [1.165, 1.54) is 11.0 Å². The summed E-state index contributed by atoms with van der Waals surface area (Å²) in [6, 6.07) is 4.66. The number of carbonyl (C=O) groups is 1. The number of aromatic hydroxyl groups is 1. The van der Waals surface area contributed by atoms with Gasteiger partial charge in [0.05, 0.1) is 0 Å². The van der Waals surface area contributed by atoms with Crippen LogP contribution in [0, 0.1) is 0 Å². The first kappa shape index (κ1) is 10.5. The molecule has 0 atom stereocenters. The van der Waals surface area contributed by atoms with E-state index in [1.54, 1.807) is 26.2 Å². The van der Waals surface area contributed by atoms with Crippen LogP contribution in [0.3, 0.4) is 0 Å². The summed E-state index contributed by atoms with van der Waals surface area (Å²) in [5.41, 5.74) is 6.63. The first-order valence-electron chi connectivity index (χ1n) is 4.29. The van der Waals surface area contributed by atoms with Crippen LogP contribution in [0.25, 0.3) is 0 Å². The zero-order chi connectivity index (χ0) is 10.7. The lowest BCUT2D eigenvalue weighted by molar-refractivity contribution is 0.0827. The molecule has 1 rings (SSSR count). The number of hydrogen-bond acceptors (Lipinski definition) is 3. The highest BCUT2D eigenvalue weighted by Gasteiger charge is 2.09. The lowest BCUT2D eigenvalue weighted by atomic mass is 10.1. The standard InChI is InChI=1S/C10H14N2O2/c1-12(2)10(14)8-3-7(6-11)4-9(13)5-8/h3-5,13H,6,11H2,1-2H3. The number of amides is 1. The van der Waals surface area contributed by atoms with Crippen LogP contribution in [0.1, 0.15) is 15.9 Å². The molecule has 0 fully saturated rings. The molecular weight excluding hydrogens is 180 g/mol. The third kappa shape index (κ3) is 2.23. The van der Waals surface area contributed by atoms with Gasteiger partial charge in [-0.25, -0.2) is 0 Å². The first-order valence-corrected chi connectivity index (χ1v) is 4.29. The summed E-state index contributed by atoms with van der Waals surface area (Å²) in [4.78, 5) is 13.0. The van der Waals surface area contributed by atoms with Gasteiger partial charge in [0.25, 0.3) is 5.91 Å². The van der Waals surface area contributed by atoms with Crippen LogP contribution in [0.2, 0.25) is 0 Å². The second kappa shape index (κ2) is 4.11. The Morgan fingerprint density at radius 2 is 2.07 bits per heavy atom. The summed E-state index contributed by atoms with van der Waals surface area (Å²) in [6.45, 7) is 0.308. The molecule has 76 valence electrons. The average Bonchev–Trinajstić information content (AvgIpc) is 2.15. The summed E-state index contributed by atoms with van der Waals surface area (Å²) in [6.07, 6.45) is 0. The predicted molar refractivity (Wildman–Crippen MR) is 54.0 cm³/mol. The van der Waals surface area contributed by atoms with Crippen molar-refractivity contribution in [3.05, 3.63) is 29.3 Å². The zero-order valence-electron chi connectivity index (χ0n) is 8.32. The highest BCUT2D eigenvalue weighted by molar-refractivity contribution is 5.94. The molecule has 0 aliphatic heterocycles. The Bertz CT molecular complexity index is 348. The third-order valence-electron chi connectivity index (χ3n) is 1.87. The molecule has 3 N–H and O–H groups in total. The lowest BCUT2D eigenvalue weighted by Gasteiger charge is -2.11. The van der Waals surface area contributed by atoms with Crippen LogP contribution in [0.4, 0.5) is 0 Å². The average molecular weight is 194 g/mol. The van der Waals surface area contributed by atoms with Gasteiger partial charge in [-0.1, -0.05) is 0 Å². The van der Waals surface area contributed by atoms with Crippen molar-refractivity contribution in [2.45, 2.75) is 6.54 Å². The molecule has 0 radical (unpaired) electrons. The number of benzene rings is 1. The molecule has 4 heteroatoms. The molecule has 4 nitrogen and oxygen atoms in total. The molecule has 14 heavy (non-hydrogen) atoms. The van der Waals surface area contributed by atoms with Gasteiger partial charge in [0, 0.05) is 26.2 Å². The van der Waals surface area contributed by atoms with Crippen molar-refractivity contribution in [3.8, 4) is 5.75 Å². The number of carbonyl (C=O) groups excluding carboxylic acids is 1. The lowest BCUT2D eigenvalue weighted by Crippen LogP contribution is -2.21. The molecule has 0 aliphatic rings. The minimum Gasteiger partial charge on any atom is -0.508 e. The summed E-state index contributed by atoms with van der Waals surface area (Å²) >= 11 is 0. The first-order chi connectivity index (χ1) is 6.54. The molecule has 1 amide bonds. The van der Waals surface area contributed by atoms with E-state index in [0.29, 0.717) is 12.1 Å². The number of phenolic OH excluding ortho intramolecular Hbond substituents is 1. The maximum absolute atomic E-state index is 11.5. The zero-order valence-corrected chi connectivity index (χ0v) is 8.32. The van der Waals surface area contributed by atoms with Gasteiger partial charge in [-0.05, 0) is 23.8 Å². The van der Waals surface area contributed by atoms with Crippen LogP contribution in [-0.2, 0) is 6.54 Å². The van der Waals surface area contributed by atoms with Gasteiger partial charge >= 0.3 is 0 Å². The predicted octanol–water partition coefficient (Wildman–Crippen LogP) is 0.553. The Morgan fingerprint density at radius 1 is 1.43 bits per heavy atom. The highest BCUT2D eigenvalue weighted by Crippen LogP contribution is 2.16. The van der Waals surface area contributed by atoms with E-state index in [2.05, 4.69) is 0 Å². The van der Waals surface area contributed by atoms with Crippen molar-refractivity contribution >= 4 is 5.91 Å². The summed E-state index contributed by atoms with van der Waals surface area (Å²) < 4.78 is 0. The SMILES string of the molecule is CN(C)C(=O)c1cc(O)cc(CN)c1. The second-order valence-electron chi connectivity index (χ2n) is 3.29. The molecule has 0 aliphatic carbocycles. The number of phenols is 1. The van der Waals surface area contributed by atoms with Gasteiger partial charge < -0.3 is 15.7 Å². The van der Waals surface area contributed by atoms with E-state index in [4.69, 9.17) is 5.73 Å². The van der Waals surface area contributed by atoms with E-state index in [1.807, 2.05) is 0 Å². The fourth-order valence-electron chi connectivity index (χ4n) is 1.17. The fourth-order valence-corrected chi connectivity index (χ4v) is 1.17. The van der Waals surface area contributed by atoms with E-state index in [-0.39, 0.29) is 11.7 Å². The van der Waals surface area contributed by atoms with Gasteiger partial charge in [0.15, 0.2) is 0 Å². The van der Waals surface area contributed by atoms with Gasteiger partial charge in [-0.3, -0.25) is 4.79 Å². The van der Waals surface area contributed by atoms with Crippen molar-refractivity contribution in [3.63, 3.8) is 0 Å². The van der Waals surface area contributed by atoms with Crippen molar-refractivity contribution in [1.29, 1.82) is 0 Å². The van der Waals surface area contributed by atoms with E-state index in [9.17, 15) is 9.90 Å². The Hall–Kier alpha value is -1.55. The molecule has 0 spiro atoms. The van der Waals surface area contributed by atoms with Gasteiger partial charge in [0.1, 0.15) is 5.75 Å². The summed E-state index contributed by atoms with van der Waals surface area (Å²) in [5.74, 6) is -0.0752. The number of rotatable bonds is 2. The number of hydrogen-bond donors (Lipinski definition) is 2. The van der Waals surface area contributed by atoms with Gasteiger partial charge in [0.2, 0.25) is 0 Å². The van der Waals surface area contributed by atoms with Gasteiger partial charge in [-0.15, -0.1) is 0 Å². The molecule has 0 unspecified atom stereocenters. The minimum atomic E-state index is -0.143. The summed E-state index contributed by atoms with van der Waals surface area (Å²) in [5, 5.41) is 9.33. The number of nitrogens with two attached hydrogens (primary N) is 1. The summed E-state index contributed by atoms with van der Waals surface area (Å²) in [7, 11) is 3.32. The Kier molecular flexibility index (Phi) is 3.09. The topological polar surface area (TPSA) is 66.6 Å². The minimum absolute atomic E-state index is 0.0677. The molecule has 0 heterocycles. The second-order valence-corrected chi connectivity index (χ2v) is 3.29. The monoisotopic (exact) mass is 194 g/mol. The highest BCUT2D eigenvalue weighted by atomic mass is 16.3. The van der Waals surface area contributed by atoms with Crippen molar-refractivity contribution in [2.24, 2.45) is 5.73 Å². The maximum atomic E-state index is 11.5.